The molecular formula is C15H28N4O3. The molecule has 0 aromatic heterocycles. The molecule has 3 N–H and O–H groups in total. The van der Waals surface area contributed by atoms with Gasteiger partial charge in [0.2, 0.25) is 11.8 Å². The summed E-state index contributed by atoms with van der Waals surface area (Å²) in [5.41, 5.74) is -0.348. The minimum atomic E-state index is -0.641. The van der Waals surface area contributed by atoms with Crippen molar-refractivity contribution in [2.45, 2.75) is 71.6 Å². The zero-order valence-electron chi connectivity index (χ0n) is 14.3. The van der Waals surface area contributed by atoms with E-state index in [4.69, 9.17) is 0 Å². The van der Waals surface area contributed by atoms with Gasteiger partial charge >= 0.3 is 6.03 Å². The zero-order valence-corrected chi connectivity index (χ0v) is 14.3. The molecule has 7 heteroatoms. The van der Waals surface area contributed by atoms with Crippen molar-refractivity contribution in [2.24, 2.45) is 0 Å². The number of nitrogens with zero attached hydrogens (tertiary/aromatic N) is 1. The Morgan fingerprint density at radius 1 is 1.23 bits per heavy atom. The van der Waals surface area contributed by atoms with Gasteiger partial charge in [-0.25, -0.2) is 4.79 Å². The molecule has 2 atom stereocenters. The number of urea groups is 1. The molecule has 1 saturated heterocycles. The van der Waals surface area contributed by atoms with Gasteiger partial charge in [-0.3, -0.25) is 9.59 Å². The average molecular weight is 312 g/mol. The molecule has 4 amide bonds. The third-order valence-corrected chi connectivity index (χ3v) is 3.36. The molecule has 0 aliphatic carbocycles. The maximum absolute atomic E-state index is 11.9. The lowest BCUT2D eigenvalue weighted by Gasteiger charge is -2.24. The summed E-state index contributed by atoms with van der Waals surface area (Å²) in [7, 11) is 0. The van der Waals surface area contributed by atoms with E-state index in [1.54, 1.807) is 11.8 Å². The highest BCUT2D eigenvalue weighted by atomic mass is 16.2. The molecule has 22 heavy (non-hydrogen) atoms. The van der Waals surface area contributed by atoms with Crippen molar-refractivity contribution >= 4 is 17.8 Å². The Morgan fingerprint density at radius 2 is 1.82 bits per heavy atom. The summed E-state index contributed by atoms with van der Waals surface area (Å²) in [6.07, 6.45) is 0.300. The van der Waals surface area contributed by atoms with Crippen molar-refractivity contribution in [1.82, 2.24) is 20.9 Å². The number of hydrogen-bond donors (Lipinski definition) is 3. The molecule has 7 nitrogen and oxygen atoms in total. The van der Waals surface area contributed by atoms with E-state index >= 15 is 0 Å². The summed E-state index contributed by atoms with van der Waals surface area (Å²) in [5.74, 6) is -0.201. The van der Waals surface area contributed by atoms with Crippen molar-refractivity contribution in [1.29, 1.82) is 0 Å². The molecule has 0 bridgehead atoms. The van der Waals surface area contributed by atoms with Gasteiger partial charge in [0.15, 0.2) is 0 Å². The van der Waals surface area contributed by atoms with E-state index in [2.05, 4.69) is 16.0 Å². The van der Waals surface area contributed by atoms with Gasteiger partial charge in [0, 0.05) is 24.5 Å². The summed E-state index contributed by atoms with van der Waals surface area (Å²) in [6.45, 7) is 11.7. The maximum atomic E-state index is 11.9. The van der Waals surface area contributed by atoms with Gasteiger partial charge in [0.1, 0.15) is 6.04 Å². The van der Waals surface area contributed by atoms with Crippen LogP contribution in [-0.4, -0.2) is 53.0 Å². The molecular weight excluding hydrogens is 284 g/mol. The summed E-state index contributed by atoms with van der Waals surface area (Å²) in [4.78, 5) is 37.4. The Morgan fingerprint density at radius 3 is 2.27 bits per heavy atom. The number of carbonyl (C=O) groups excluding carboxylic acids is 3. The van der Waals surface area contributed by atoms with Crippen molar-refractivity contribution in [3.63, 3.8) is 0 Å². The van der Waals surface area contributed by atoms with E-state index in [0.29, 0.717) is 13.0 Å². The number of likely N-dealkylation sites (tertiary alicyclic amines) is 1. The Labute approximate surface area is 132 Å². The third kappa shape index (κ3) is 5.54. The molecule has 1 fully saturated rings. The number of nitrogens with one attached hydrogen (secondary N) is 3. The maximum Gasteiger partial charge on any atom is 0.315 e. The second kappa shape index (κ2) is 6.98. The quantitative estimate of drug-likeness (QED) is 0.710. The SMILES string of the molecule is CC(NC(=O)NC1CC(=O)N(C(C)C)C1)C(=O)NC(C)(C)C. The predicted octanol–water partition coefficient (Wildman–Crippen LogP) is 0.598. The number of hydrogen-bond acceptors (Lipinski definition) is 3. The van der Waals surface area contributed by atoms with Gasteiger partial charge in [-0.1, -0.05) is 0 Å². The molecule has 0 radical (unpaired) electrons. The molecule has 0 spiro atoms. The highest BCUT2D eigenvalue weighted by Gasteiger charge is 2.32. The average Bonchev–Trinajstić information content (AvgIpc) is 2.67. The van der Waals surface area contributed by atoms with Crippen molar-refractivity contribution < 1.29 is 14.4 Å². The van der Waals surface area contributed by atoms with Gasteiger partial charge < -0.3 is 20.9 Å². The number of rotatable bonds is 4. The molecule has 1 aliphatic heterocycles. The van der Waals surface area contributed by atoms with E-state index in [1.165, 1.54) is 0 Å². The first-order chi connectivity index (χ1) is 9.99. The minimum absolute atomic E-state index is 0.0406. The number of carbonyl (C=O) groups is 3. The Hall–Kier alpha value is -1.79. The fourth-order valence-electron chi connectivity index (χ4n) is 2.29. The standard InChI is InChI=1S/C15H28N4O3/c1-9(2)19-8-11(7-12(19)20)17-14(22)16-10(3)13(21)18-15(4,5)6/h9-11H,7-8H2,1-6H3,(H,18,21)(H2,16,17,22). The van der Waals surface area contributed by atoms with Gasteiger partial charge in [0.25, 0.3) is 0 Å². The fourth-order valence-corrected chi connectivity index (χ4v) is 2.29. The Bertz CT molecular complexity index is 443. The van der Waals surface area contributed by atoms with Crippen LogP contribution < -0.4 is 16.0 Å². The predicted molar refractivity (Wildman–Crippen MR) is 84.3 cm³/mol. The molecule has 0 aromatic rings. The Balaban J connectivity index is 2.44. The monoisotopic (exact) mass is 312 g/mol. The summed E-state index contributed by atoms with van der Waals surface area (Å²) in [5, 5.41) is 8.15. The van der Waals surface area contributed by atoms with Gasteiger partial charge in [-0.05, 0) is 41.5 Å². The second-order valence-electron chi connectivity index (χ2n) is 7.12. The van der Waals surface area contributed by atoms with Gasteiger partial charge in [0.05, 0.1) is 6.04 Å². The first kappa shape index (κ1) is 18.3. The van der Waals surface area contributed by atoms with Crippen LogP contribution >= 0.6 is 0 Å². The summed E-state index contributed by atoms with van der Waals surface area (Å²) < 4.78 is 0. The molecule has 2 unspecified atom stereocenters. The molecule has 126 valence electrons. The third-order valence-electron chi connectivity index (χ3n) is 3.36. The van der Waals surface area contributed by atoms with E-state index < -0.39 is 12.1 Å². The molecule has 0 saturated carbocycles. The van der Waals surface area contributed by atoms with E-state index in [-0.39, 0.29) is 29.4 Å². The smallest absolute Gasteiger partial charge is 0.315 e. The first-order valence-electron chi connectivity index (χ1n) is 7.68. The van der Waals surface area contributed by atoms with Crippen LogP contribution in [0.25, 0.3) is 0 Å². The van der Waals surface area contributed by atoms with Crippen LogP contribution in [0.3, 0.4) is 0 Å². The summed E-state index contributed by atoms with van der Waals surface area (Å²) >= 11 is 0. The fraction of sp³-hybridized carbons (Fsp3) is 0.800. The van der Waals surface area contributed by atoms with E-state index in [1.807, 2.05) is 34.6 Å². The Kier molecular flexibility index (Phi) is 5.79. The molecule has 1 aliphatic rings. The van der Waals surface area contributed by atoms with Crippen LogP contribution in [0, 0.1) is 0 Å². The zero-order chi connectivity index (χ0) is 17.1. The lowest BCUT2D eigenvalue weighted by molar-refractivity contribution is -0.129. The second-order valence-corrected chi connectivity index (χ2v) is 7.12. The number of amides is 4. The minimum Gasteiger partial charge on any atom is -0.350 e. The van der Waals surface area contributed by atoms with Crippen molar-refractivity contribution in [3.05, 3.63) is 0 Å². The first-order valence-corrected chi connectivity index (χ1v) is 7.68. The van der Waals surface area contributed by atoms with Crippen molar-refractivity contribution in [2.75, 3.05) is 6.54 Å². The van der Waals surface area contributed by atoms with E-state index in [0.717, 1.165) is 0 Å². The normalized spacial score (nSPS) is 20.0. The lowest BCUT2D eigenvalue weighted by atomic mass is 10.1. The van der Waals surface area contributed by atoms with E-state index in [9.17, 15) is 14.4 Å². The van der Waals surface area contributed by atoms with Gasteiger partial charge in [-0.15, -0.1) is 0 Å². The lowest BCUT2D eigenvalue weighted by Crippen LogP contribution is -2.54. The van der Waals surface area contributed by atoms with Crippen LogP contribution in [0.1, 0.15) is 48.0 Å². The van der Waals surface area contributed by atoms with Crippen LogP contribution in [0.4, 0.5) is 4.79 Å². The summed E-state index contributed by atoms with van der Waals surface area (Å²) in [6, 6.07) is -1.16. The topological polar surface area (TPSA) is 90.5 Å². The highest BCUT2D eigenvalue weighted by molar-refractivity contribution is 5.87. The van der Waals surface area contributed by atoms with Crippen LogP contribution in [-0.2, 0) is 9.59 Å². The van der Waals surface area contributed by atoms with Crippen LogP contribution in [0.2, 0.25) is 0 Å². The van der Waals surface area contributed by atoms with Crippen LogP contribution in [0.15, 0.2) is 0 Å². The van der Waals surface area contributed by atoms with Gasteiger partial charge in [-0.2, -0.15) is 0 Å². The molecule has 1 heterocycles. The molecule has 0 aromatic carbocycles. The molecule has 1 rings (SSSR count). The van der Waals surface area contributed by atoms with Crippen molar-refractivity contribution in [3.8, 4) is 0 Å². The highest BCUT2D eigenvalue weighted by Crippen LogP contribution is 2.14. The van der Waals surface area contributed by atoms with Crippen LogP contribution in [0.5, 0.6) is 0 Å². The largest absolute Gasteiger partial charge is 0.350 e.